The summed E-state index contributed by atoms with van der Waals surface area (Å²) in [6.07, 6.45) is 3.52. The van der Waals surface area contributed by atoms with Gasteiger partial charge in [-0.25, -0.2) is 4.79 Å². The quantitative estimate of drug-likeness (QED) is 0.826. The van der Waals surface area contributed by atoms with E-state index in [2.05, 4.69) is 24.5 Å². The van der Waals surface area contributed by atoms with Crippen molar-refractivity contribution in [2.45, 2.75) is 26.7 Å². The van der Waals surface area contributed by atoms with E-state index in [1.165, 1.54) is 5.56 Å². The number of para-hydroxylation sites is 1. The van der Waals surface area contributed by atoms with Crippen LogP contribution >= 0.6 is 0 Å². The Bertz CT molecular complexity index is 657. The molecule has 0 spiro atoms. The van der Waals surface area contributed by atoms with E-state index < -0.39 is 0 Å². The highest BCUT2D eigenvalue weighted by Crippen LogP contribution is 2.23. The molecule has 2 aromatic rings. The molecule has 0 fully saturated rings. The average molecular weight is 294 g/mol. The number of carbonyl (C=O) groups is 1. The van der Waals surface area contributed by atoms with Crippen molar-refractivity contribution in [2.75, 3.05) is 5.32 Å². The zero-order valence-electron chi connectivity index (χ0n) is 13.3. The SMILES string of the molecule is Cc1ccc(/C=C/NC(=O)Nc2ccccc2C(C)C)cc1. The molecule has 0 aliphatic rings. The molecular weight excluding hydrogens is 272 g/mol. The molecular formula is C19H22N2O. The Morgan fingerprint density at radius 1 is 1.05 bits per heavy atom. The number of carbonyl (C=O) groups excluding carboxylic acids is 1. The summed E-state index contributed by atoms with van der Waals surface area (Å²) >= 11 is 0. The molecule has 114 valence electrons. The number of hydrogen-bond acceptors (Lipinski definition) is 1. The van der Waals surface area contributed by atoms with E-state index >= 15 is 0 Å². The third kappa shape index (κ3) is 4.48. The summed E-state index contributed by atoms with van der Waals surface area (Å²) in [6, 6.07) is 15.7. The number of aryl methyl sites for hydroxylation is 1. The molecule has 0 heterocycles. The van der Waals surface area contributed by atoms with Gasteiger partial charge in [0.05, 0.1) is 0 Å². The van der Waals surface area contributed by atoms with Gasteiger partial charge in [-0.3, -0.25) is 0 Å². The van der Waals surface area contributed by atoms with Crippen LogP contribution in [0.2, 0.25) is 0 Å². The largest absolute Gasteiger partial charge is 0.323 e. The highest BCUT2D eigenvalue weighted by molar-refractivity contribution is 5.91. The number of anilines is 1. The molecule has 0 atom stereocenters. The van der Waals surface area contributed by atoms with Gasteiger partial charge in [0.1, 0.15) is 0 Å². The smallest absolute Gasteiger partial charge is 0.314 e. The normalized spacial score (nSPS) is 10.9. The summed E-state index contributed by atoms with van der Waals surface area (Å²) in [7, 11) is 0. The van der Waals surface area contributed by atoms with Crippen molar-refractivity contribution >= 4 is 17.8 Å². The number of hydrogen-bond donors (Lipinski definition) is 2. The fourth-order valence-corrected chi connectivity index (χ4v) is 2.16. The molecule has 2 N–H and O–H groups in total. The molecule has 2 amide bonds. The van der Waals surface area contributed by atoms with Crippen molar-refractivity contribution < 1.29 is 4.79 Å². The Kier molecular flexibility index (Phi) is 5.37. The van der Waals surface area contributed by atoms with Gasteiger partial charge in [0.15, 0.2) is 0 Å². The molecule has 0 bridgehead atoms. The van der Waals surface area contributed by atoms with Crippen LogP contribution in [0.5, 0.6) is 0 Å². The lowest BCUT2D eigenvalue weighted by Crippen LogP contribution is -2.24. The lowest BCUT2D eigenvalue weighted by Gasteiger charge is -2.13. The van der Waals surface area contributed by atoms with Gasteiger partial charge in [-0.2, -0.15) is 0 Å². The molecule has 0 aliphatic heterocycles. The first-order chi connectivity index (χ1) is 10.6. The highest BCUT2D eigenvalue weighted by atomic mass is 16.2. The topological polar surface area (TPSA) is 41.1 Å². The van der Waals surface area contributed by atoms with Gasteiger partial charge in [0.2, 0.25) is 0 Å². The van der Waals surface area contributed by atoms with Crippen LogP contribution in [-0.2, 0) is 0 Å². The van der Waals surface area contributed by atoms with Gasteiger partial charge in [-0.1, -0.05) is 61.9 Å². The second-order valence-corrected chi connectivity index (χ2v) is 5.58. The van der Waals surface area contributed by atoms with Crippen molar-refractivity contribution in [1.82, 2.24) is 5.32 Å². The molecule has 0 aliphatic carbocycles. The van der Waals surface area contributed by atoms with Crippen LogP contribution in [0.3, 0.4) is 0 Å². The van der Waals surface area contributed by atoms with Gasteiger partial charge in [0.25, 0.3) is 0 Å². The Morgan fingerprint density at radius 2 is 1.73 bits per heavy atom. The highest BCUT2D eigenvalue weighted by Gasteiger charge is 2.07. The number of rotatable bonds is 4. The van der Waals surface area contributed by atoms with E-state index in [0.717, 1.165) is 16.8 Å². The first kappa shape index (κ1) is 15.8. The first-order valence-electron chi connectivity index (χ1n) is 7.46. The molecule has 0 saturated heterocycles. The maximum absolute atomic E-state index is 12.0. The van der Waals surface area contributed by atoms with Crippen LogP contribution in [0.4, 0.5) is 10.5 Å². The van der Waals surface area contributed by atoms with E-state index in [1.54, 1.807) is 6.20 Å². The van der Waals surface area contributed by atoms with Crippen LogP contribution < -0.4 is 10.6 Å². The van der Waals surface area contributed by atoms with E-state index in [1.807, 2.05) is 61.5 Å². The molecule has 0 unspecified atom stereocenters. The van der Waals surface area contributed by atoms with Crippen LogP contribution in [0.1, 0.15) is 36.5 Å². The zero-order chi connectivity index (χ0) is 15.9. The number of urea groups is 1. The maximum atomic E-state index is 12.0. The monoisotopic (exact) mass is 294 g/mol. The first-order valence-corrected chi connectivity index (χ1v) is 7.46. The zero-order valence-corrected chi connectivity index (χ0v) is 13.3. The van der Waals surface area contributed by atoms with E-state index in [4.69, 9.17) is 0 Å². The van der Waals surface area contributed by atoms with Crippen molar-refractivity contribution in [3.8, 4) is 0 Å². The Hall–Kier alpha value is -2.55. The fourth-order valence-electron chi connectivity index (χ4n) is 2.16. The summed E-state index contributed by atoms with van der Waals surface area (Å²) < 4.78 is 0. The lowest BCUT2D eigenvalue weighted by atomic mass is 10.0. The van der Waals surface area contributed by atoms with Crippen molar-refractivity contribution in [3.05, 3.63) is 71.4 Å². The standard InChI is InChI=1S/C19H22N2O/c1-14(2)17-6-4-5-7-18(17)21-19(22)20-13-12-16-10-8-15(3)9-11-16/h4-14H,1-3H3,(H2,20,21,22)/b13-12+. The minimum atomic E-state index is -0.239. The van der Waals surface area contributed by atoms with Crippen molar-refractivity contribution in [1.29, 1.82) is 0 Å². The summed E-state index contributed by atoms with van der Waals surface area (Å²) in [5, 5.41) is 5.62. The van der Waals surface area contributed by atoms with Crippen LogP contribution in [0, 0.1) is 6.92 Å². The third-order valence-corrected chi connectivity index (χ3v) is 3.40. The number of nitrogens with one attached hydrogen (secondary N) is 2. The van der Waals surface area contributed by atoms with Crippen LogP contribution in [0.25, 0.3) is 6.08 Å². The number of amides is 2. The molecule has 0 saturated carbocycles. The predicted octanol–water partition coefficient (Wildman–Crippen LogP) is 4.91. The molecule has 0 radical (unpaired) electrons. The molecule has 2 aromatic carbocycles. The van der Waals surface area contributed by atoms with Gasteiger partial charge >= 0.3 is 6.03 Å². The molecule has 2 rings (SSSR count). The van der Waals surface area contributed by atoms with Crippen molar-refractivity contribution in [2.24, 2.45) is 0 Å². The Balaban J connectivity index is 1.95. The van der Waals surface area contributed by atoms with Gasteiger partial charge in [0, 0.05) is 11.9 Å². The molecule has 3 heteroatoms. The average Bonchev–Trinajstić information content (AvgIpc) is 2.49. The fraction of sp³-hybridized carbons (Fsp3) is 0.211. The second kappa shape index (κ2) is 7.46. The third-order valence-electron chi connectivity index (χ3n) is 3.40. The summed E-state index contributed by atoms with van der Waals surface area (Å²) in [4.78, 5) is 12.0. The van der Waals surface area contributed by atoms with E-state index in [9.17, 15) is 4.79 Å². The van der Waals surface area contributed by atoms with Crippen LogP contribution in [0.15, 0.2) is 54.7 Å². The molecule has 22 heavy (non-hydrogen) atoms. The lowest BCUT2D eigenvalue weighted by molar-refractivity contribution is 0.255. The van der Waals surface area contributed by atoms with Gasteiger partial charge in [-0.05, 0) is 36.1 Å². The minimum absolute atomic E-state index is 0.239. The van der Waals surface area contributed by atoms with Crippen molar-refractivity contribution in [3.63, 3.8) is 0 Å². The predicted molar refractivity (Wildman–Crippen MR) is 92.9 cm³/mol. The molecule has 0 aromatic heterocycles. The Morgan fingerprint density at radius 3 is 2.41 bits per heavy atom. The number of benzene rings is 2. The Labute approximate surface area is 132 Å². The maximum Gasteiger partial charge on any atom is 0.323 e. The van der Waals surface area contributed by atoms with E-state index in [-0.39, 0.29) is 6.03 Å². The minimum Gasteiger partial charge on any atom is -0.314 e. The van der Waals surface area contributed by atoms with E-state index in [0.29, 0.717) is 5.92 Å². The summed E-state index contributed by atoms with van der Waals surface area (Å²) in [6.45, 7) is 6.26. The summed E-state index contributed by atoms with van der Waals surface area (Å²) in [5.74, 6) is 0.361. The van der Waals surface area contributed by atoms with Crippen LogP contribution in [-0.4, -0.2) is 6.03 Å². The van der Waals surface area contributed by atoms with Gasteiger partial charge in [-0.15, -0.1) is 0 Å². The van der Waals surface area contributed by atoms with Gasteiger partial charge < -0.3 is 10.6 Å². The molecule has 3 nitrogen and oxygen atoms in total. The summed E-state index contributed by atoms with van der Waals surface area (Å²) in [5.41, 5.74) is 4.24. The second-order valence-electron chi connectivity index (χ2n) is 5.58.